The Labute approximate surface area is 167 Å². The number of rotatable bonds is 1. The molecule has 7 nitrogen and oxygen atoms in total. The van der Waals surface area contributed by atoms with Crippen LogP contribution in [0.1, 0.15) is 53.4 Å². The second-order valence-electron chi connectivity index (χ2n) is 9.57. The molecule has 1 spiro atoms. The summed E-state index contributed by atoms with van der Waals surface area (Å²) < 4.78 is 39.1. The van der Waals surface area contributed by atoms with E-state index >= 15 is 0 Å². The van der Waals surface area contributed by atoms with Crippen molar-refractivity contribution in [2.75, 3.05) is 19.6 Å². The fourth-order valence-corrected chi connectivity index (χ4v) is 5.05. The van der Waals surface area contributed by atoms with Crippen molar-refractivity contribution >= 4 is 17.9 Å². The fourth-order valence-electron chi connectivity index (χ4n) is 5.05. The minimum absolute atomic E-state index is 0.000108. The fraction of sp³-hybridized carbons (Fsp3) is 0.842. The molecule has 164 valence electrons. The lowest BCUT2D eigenvalue weighted by molar-refractivity contribution is -0.194. The molecule has 3 rings (SSSR count). The largest absolute Gasteiger partial charge is 0.471 e. The number of hydrogen-bond acceptors (Lipinski definition) is 3. The number of halogens is 3. The average molecular weight is 419 g/mol. The highest BCUT2D eigenvalue weighted by atomic mass is 19.4. The van der Waals surface area contributed by atoms with Gasteiger partial charge in [0, 0.05) is 25.7 Å². The molecule has 0 aromatic rings. The molecule has 2 aliphatic heterocycles. The Morgan fingerprint density at radius 2 is 1.62 bits per heavy atom. The van der Waals surface area contributed by atoms with E-state index in [4.69, 9.17) is 0 Å². The van der Waals surface area contributed by atoms with E-state index in [0.717, 1.165) is 4.90 Å². The molecule has 0 aromatic heterocycles. The first-order valence-corrected chi connectivity index (χ1v) is 9.88. The summed E-state index contributed by atoms with van der Waals surface area (Å²) >= 11 is 0. The summed E-state index contributed by atoms with van der Waals surface area (Å²) in [5.74, 6) is -2.24. The second kappa shape index (κ2) is 6.50. The lowest BCUT2D eigenvalue weighted by Gasteiger charge is -2.52. The highest BCUT2D eigenvalue weighted by Crippen LogP contribution is 2.50. The van der Waals surface area contributed by atoms with Gasteiger partial charge >= 0.3 is 18.2 Å². The van der Waals surface area contributed by atoms with E-state index in [9.17, 15) is 32.7 Å². The zero-order valence-corrected chi connectivity index (χ0v) is 17.2. The number of piperazine rings is 1. The molecule has 0 unspecified atom stereocenters. The van der Waals surface area contributed by atoms with E-state index in [0.29, 0.717) is 25.7 Å². The van der Waals surface area contributed by atoms with Crippen LogP contribution in [0, 0.1) is 5.41 Å². The first-order chi connectivity index (χ1) is 13.2. The third-order valence-electron chi connectivity index (χ3n) is 6.80. The molecule has 3 fully saturated rings. The van der Waals surface area contributed by atoms with E-state index in [1.54, 1.807) is 6.92 Å². The minimum atomic E-state index is -4.96. The smallest absolute Gasteiger partial charge is 0.465 e. The molecule has 3 aliphatic rings. The van der Waals surface area contributed by atoms with Gasteiger partial charge in [0.1, 0.15) is 5.54 Å². The Morgan fingerprint density at radius 1 is 1.03 bits per heavy atom. The molecule has 10 heteroatoms. The van der Waals surface area contributed by atoms with Crippen LogP contribution in [-0.4, -0.2) is 80.6 Å². The summed E-state index contributed by atoms with van der Waals surface area (Å²) in [6.07, 6.45) is -4.43. The first kappa shape index (κ1) is 21.7. The molecular formula is C19H28F3N3O4. The van der Waals surface area contributed by atoms with Crippen molar-refractivity contribution in [3.05, 3.63) is 0 Å². The van der Waals surface area contributed by atoms with Crippen LogP contribution in [-0.2, 0) is 9.59 Å². The SMILES string of the molecule is C[C@H]1CN(C(=O)C(F)(F)F)C2(CC2)CN1C(=O)[C@@]1(C(C)(C)C)CCCN1C(=O)O. The van der Waals surface area contributed by atoms with E-state index in [1.807, 2.05) is 20.8 Å². The lowest BCUT2D eigenvalue weighted by atomic mass is 9.70. The van der Waals surface area contributed by atoms with Crippen molar-refractivity contribution in [3.63, 3.8) is 0 Å². The van der Waals surface area contributed by atoms with Gasteiger partial charge in [-0.2, -0.15) is 13.2 Å². The van der Waals surface area contributed by atoms with Crippen LogP contribution in [0.2, 0.25) is 0 Å². The Hall–Kier alpha value is -2.00. The zero-order chi connectivity index (χ0) is 22.0. The molecule has 3 amide bonds. The molecule has 29 heavy (non-hydrogen) atoms. The van der Waals surface area contributed by atoms with E-state index in [2.05, 4.69) is 0 Å². The van der Waals surface area contributed by atoms with Gasteiger partial charge in [-0.25, -0.2) is 4.79 Å². The monoisotopic (exact) mass is 419 g/mol. The van der Waals surface area contributed by atoms with Gasteiger partial charge in [0.15, 0.2) is 0 Å². The van der Waals surface area contributed by atoms with E-state index < -0.39 is 40.7 Å². The summed E-state index contributed by atoms with van der Waals surface area (Å²) in [5.41, 5.74) is -2.98. The van der Waals surface area contributed by atoms with Crippen molar-refractivity contribution in [2.45, 2.75) is 76.7 Å². The lowest BCUT2D eigenvalue weighted by Crippen LogP contribution is -2.70. The Morgan fingerprint density at radius 3 is 2.07 bits per heavy atom. The molecule has 0 bridgehead atoms. The minimum Gasteiger partial charge on any atom is -0.465 e. The highest BCUT2D eigenvalue weighted by molar-refractivity contribution is 5.92. The maximum Gasteiger partial charge on any atom is 0.471 e. The standard InChI is InChI=1S/C19H28F3N3O4/c1-12-10-25(14(27)19(20,21)22)17(7-8-17)11-23(12)13(26)18(16(2,3)4)6-5-9-24(18)15(28)29/h12H,5-11H2,1-4H3,(H,28,29)/t12-,18+/m0/s1. The summed E-state index contributed by atoms with van der Waals surface area (Å²) in [6.45, 7) is 7.08. The van der Waals surface area contributed by atoms with E-state index in [-0.39, 0.29) is 25.5 Å². The molecular weight excluding hydrogens is 391 g/mol. The van der Waals surface area contributed by atoms with Gasteiger partial charge in [0.25, 0.3) is 0 Å². The Bertz CT molecular complexity index is 729. The predicted molar refractivity (Wildman–Crippen MR) is 97.1 cm³/mol. The highest BCUT2D eigenvalue weighted by Gasteiger charge is 2.64. The van der Waals surface area contributed by atoms with Crippen LogP contribution in [0.5, 0.6) is 0 Å². The van der Waals surface area contributed by atoms with Gasteiger partial charge in [-0.3, -0.25) is 14.5 Å². The molecule has 1 aliphatic carbocycles. The normalized spacial score (nSPS) is 29.3. The van der Waals surface area contributed by atoms with Crippen LogP contribution < -0.4 is 0 Å². The summed E-state index contributed by atoms with van der Waals surface area (Å²) in [5, 5.41) is 9.72. The third-order valence-corrected chi connectivity index (χ3v) is 6.80. The number of alkyl halides is 3. The van der Waals surface area contributed by atoms with Gasteiger partial charge in [-0.05, 0) is 38.0 Å². The Balaban J connectivity index is 1.94. The predicted octanol–water partition coefficient (Wildman–Crippen LogP) is 2.70. The first-order valence-electron chi connectivity index (χ1n) is 9.88. The van der Waals surface area contributed by atoms with Gasteiger partial charge in [-0.15, -0.1) is 0 Å². The van der Waals surface area contributed by atoms with Crippen LogP contribution in [0.3, 0.4) is 0 Å². The van der Waals surface area contributed by atoms with Gasteiger partial charge in [0.2, 0.25) is 5.91 Å². The van der Waals surface area contributed by atoms with Crippen LogP contribution >= 0.6 is 0 Å². The van der Waals surface area contributed by atoms with Crippen molar-refractivity contribution in [1.82, 2.24) is 14.7 Å². The van der Waals surface area contributed by atoms with Crippen LogP contribution in [0.15, 0.2) is 0 Å². The number of amides is 3. The van der Waals surface area contributed by atoms with Gasteiger partial charge in [-0.1, -0.05) is 20.8 Å². The van der Waals surface area contributed by atoms with Crippen molar-refractivity contribution in [1.29, 1.82) is 0 Å². The number of hydrogen-bond donors (Lipinski definition) is 1. The van der Waals surface area contributed by atoms with Crippen molar-refractivity contribution in [3.8, 4) is 0 Å². The maximum absolute atomic E-state index is 13.8. The van der Waals surface area contributed by atoms with Gasteiger partial charge in [0.05, 0.1) is 5.54 Å². The number of carbonyl (C=O) groups excluding carboxylic acids is 2. The average Bonchev–Trinajstić information content (AvgIpc) is 3.18. The number of nitrogens with zero attached hydrogens (tertiary/aromatic N) is 3. The Kier molecular flexibility index (Phi) is 4.86. The quantitative estimate of drug-likeness (QED) is 0.709. The molecule has 2 heterocycles. The van der Waals surface area contributed by atoms with Crippen LogP contribution in [0.4, 0.5) is 18.0 Å². The molecule has 0 radical (unpaired) electrons. The summed E-state index contributed by atoms with van der Waals surface area (Å²) in [4.78, 5) is 41.2. The molecule has 2 atom stereocenters. The summed E-state index contributed by atoms with van der Waals surface area (Å²) in [7, 11) is 0. The number of likely N-dealkylation sites (tertiary alicyclic amines) is 1. The molecule has 0 aromatic carbocycles. The number of carbonyl (C=O) groups is 3. The molecule has 1 saturated carbocycles. The van der Waals surface area contributed by atoms with E-state index in [1.165, 1.54) is 9.80 Å². The topological polar surface area (TPSA) is 81.2 Å². The molecule has 1 N–H and O–H groups in total. The third kappa shape index (κ3) is 3.24. The van der Waals surface area contributed by atoms with Crippen molar-refractivity contribution in [2.24, 2.45) is 5.41 Å². The van der Waals surface area contributed by atoms with Crippen LogP contribution in [0.25, 0.3) is 0 Å². The van der Waals surface area contributed by atoms with Crippen molar-refractivity contribution < 1.29 is 32.7 Å². The molecule has 2 saturated heterocycles. The summed E-state index contributed by atoms with van der Waals surface area (Å²) in [6, 6.07) is -0.643. The second-order valence-corrected chi connectivity index (χ2v) is 9.57. The van der Waals surface area contributed by atoms with Gasteiger partial charge < -0.3 is 14.9 Å². The maximum atomic E-state index is 13.8. The number of carboxylic acid groups (broad SMARTS) is 1. The zero-order valence-electron chi connectivity index (χ0n) is 17.2.